The second-order valence-corrected chi connectivity index (χ2v) is 7.04. The SMILES string of the molecule is COc1ccc(Br)c(C(=O)Nc2ccnn2Cc2c(Cl)cccc2Cl)c1. The summed E-state index contributed by atoms with van der Waals surface area (Å²) < 4.78 is 7.46. The van der Waals surface area contributed by atoms with Gasteiger partial charge in [0, 0.05) is 26.1 Å². The van der Waals surface area contributed by atoms with Crippen molar-refractivity contribution in [3.05, 3.63) is 74.3 Å². The van der Waals surface area contributed by atoms with Crippen LogP contribution >= 0.6 is 39.1 Å². The maximum absolute atomic E-state index is 12.6. The Labute approximate surface area is 169 Å². The lowest BCUT2D eigenvalue weighted by molar-refractivity contribution is 0.102. The molecule has 1 aromatic heterocycles. The Balaban J connectivity index is 1.84. The summed E-state index contributed by atoms with van der Waals surface area (Å²) in [4.78, 5) is 12.6. The molecule has 0 fully saturated rings. The molecule has 0 aliphatic rings. The van der Waals surface area contributed by atoms with Gasteiger partial charge < -0.3 is 10.1 Å². The van der Waals surface area contributed by atoms with E-state index in [1.807, 2.05) is 0 Å². The average Bonchev–Trinajstić information content (AvgIpc) is 3.05. The highest BCUT2D eigenvalue weighted by molar-refractivity contribution is 9.10. The molecule has 5 nitrogen and oxygen atoms in total. The van der Waals surface area contributed by atoms with Crippen LogP contribution in [-0.2, 0) is 6.54 Å². The van der Waals surface area contributed by atoms with Crippen LogP contribution in [-0.4, -0.2) is 22.8 Å². The van der Waals surface area contributed by atoms with Gasteiger partial charge in [-0.05, 0) is 46.3 Å². The molecule has 0 aliphatic carbocycles. The molecule has 8 heteroatoms. The maximum Gasteiger partial charge on any atom is 0.258 e. The van der Waals surface area contributed by atoms with Crippen molar-refractivity contribution in [2.75, 3.05) is 12.4 Å². The van der Waals surface area contributed by atoms with Gasteiger partial charge in [-0.2, -0.15) is 5.10 Å². The summed E-state index contributed by atoms with van der Waals surface area (Å²) in [6.45, 7) is 0.334. The summed E-state index contributed by atoms with van der Waals surface area (Å²) >= 11 is 15.8. The monoisotopic (exact) mass is 453 g/mol. The van der Waals surface area contributed by atoms with Crippen molar-refractivity contribution < 1.29 is 9.53 Å². The molecule has 2 aromatic carbocycles. The van der Waals surface area contributed by atoms with Crippen molar-refractivity contribution >= 4 is 50.9 Å². The lowest BCUT2D eigenvalue weighted by Crippen LogP contribution is -2.17. The minimum absolute atomic E-state index is 0.289. The van der Waals surface area contributed by atoms with Crippen molar-refractivity contribution in [3.63, 3.8) is 0 Å². The second-order valence-electron chi connectivity index (χ2n) is 5.37. The van der Waals surface area contributed by atoms with E-state index in [-0.39, 0.29) is 5.91 Å². The van der Waals surface area contributed by atoms with Gasteiger partial charge in [-0.3, -0.25) is 4.79 Å². The molecule has 1 amide bonds. The van der Waals surface area contributed by atoms with Gasteiger partial charge in [0.15, 0.2) is 0 Å². The number of rotatable bonds is 5. The molecule has 0 saturated heterocycles. The molecule has 0 unspecified atom stereocenters. The van der Waals surface area contributed by atoms with E-state index in [0.29, 0.717) is 38.2 Å². The Morgan fingerprint density at radius 2 is 1.96 bits per heavy atom. The van der Waals surface area contributed by atoms with Gasteiger partial charge in [-0.15, -0.1) is 0 Å². The summed E-state index contributed by atoms with van der Waals surface area (Å²) in [7, 11) is 1.55. The third kappa shape index (κ3) is 4.03. The summed E-state index contributed by atoms with van der Waals surface area (Å²) in [5.74, 6) is 0.832. The van der Waals surface area contributed by atoms with Gasteiger partial charge in [0.1, 0.15) is 11.6 Å². The maximum atomic E-state index is 12.6. The molecule has 0 aliphatic heterocycles. The van der Waals surface area contributed by atoms with Crippen molar-refractivity contribution in [2.24, 2.45) is 0 Å². The fraction of sp³-hybridized carbons (Fsp3) is 0.111. The molecule has 3 rings (SSSR count). The molecule has 1 N–H and O–H groups in total. The first-order valence-electron chi connectivity index (χ1n) is 7.59. The van der Waals surface area contributed by atoms with Crippen LogP contribution in [0, 0.1) is 0 Å². The van der Waals surface area contributed by atoms with E-state index in [9.17, 15) is 4.79 Å². The zero-order valence-electron chi connectivity index (χ0n) is 13.7. The zero-order chi connectivity index (χ0) is 18.7. The van der Waals surface area contributed by atoms with Gasteiger partial charge in [-0.1, -0.05) is 29.3 Å². The number of nitrogens with zero attached hydrogens (tertiary/aromatic N) is 2. The average molecular weight is 455 g/mol. The number of hydrogen-bond acceptors (Lipinski definition) is 3. The fourth-order valence-electron chi connectivity index (χ4n) is 2.39. The van der Waals surface area contributed by atoms with Crippen molar-refractivity contribution in [3.8, 4) is 5.75 Å². The number of amides is 1. The Morgan fingerprint density at radius 1 is 1.23 bits per heavy atom. The van der Waals surface area contributed by atoms with E-state index in [1.54, 1.807) is 60.5 Å². The van der Waals surface area contributed by atoms with E-state index in [1.165, 1.54) is 0 Å². The van der Waals surface area contributed by atoms with Gasteiger partial charge in [0.2, 0.25) is 0 Å². The number of hydrogen-bond donors (Lipinski definition) is 1. The number of benzene rings is 2. The van der Waals surface area contributed by atoms with Crippen LogP contribution in [0.2, 0.25) is 10.0 Å². The first-order valence-corrected chi connectivity index (χ1v) is 9.14. The molecule has 0 saturated carbocycles. The van der Waals surface area contributed by atoms with E-state index in [2.05, 4.69) is 26.3 Å². The van der Waals surface area contributed by atoms with Crippen LogP contribution in [0.4, 0.5) is 5.82 Å². The summed E-state index contributed by atoms with van der Waals surface area (Å²) in [6, 6.07) is 12.2. The molecular formula is C18H14BrCl2N3O2. The second kappa shape index (κ2) is 8.12. The highest BCUT2D eigenvalue weighted by Gasteiger charge is 2.15. The molecule has 3 aromatic rings. The molecule has 1 heterocycles. The Kier molecular flexibility index (Phi) is 5.86. The number of ether oxygens (including phenoxy) is 1. The van der Waals surface area contributed by atoms with E-state index in [4.69, 9.17) is 27.9 Å². The number of nitrogens with one attached hydrogen (secondary N) is 1. The zero-order valence-corrected chi connectivity index (χ0v) is 16.8. The lowest BCUT2D eigenvalue weighted by atomic mass is 10.2. The minimum Gasteiger partial charge on any atom is -0.497 e. The van der Waals surface area contributed by atoms with Crippen molar-refractivity contribution in [1.82, 2.24) is 9.78 Å². The molecule has 0 atom stereocenters. The topological polar surface area (TPSA) is 56.1 Å². The molecular weight excluding hydrogens is 441 g/mol. The summed E-state index contributed by atoms with van der Waals surface area (Å²) in [5.41, 5.74) is 1.19. The van der Waals surface area contributed by atoms with Crippen LogP contribution in [0.25, 0.3) is 0 Å². The van der Waals surface area contributed by atoms with Gasteiger partial charge in [-0.25, -0.2) is 4.68 Å². The predicted octanol–water partition coefficient (Wildman–Crippen LogP) is 5.26. The molecule has 134 valence electrons. The van der Waals surface area contributed by atoms with Gasteiger partial charge in [0.05, 0.1) is 25.4 Å². The van der Waals surface area contributed by atoms with Crippen LogP contribution in [0.3, 0.4) is 0 Å². The summed E-state index contributed by atoms with van der Waals surface area (Å²) in [6.07, 6.45) is 1.60. The molecule has 26 heavy (non-hydrogen) atoms. The quantitative estimate of drug-likeness (QED) is 0.571. The third-order valence-corrected chi connectivity index (χ3v) is 5.15. The number of anilines is 1. The Bertz CT molecular complexity index is 939. The third-order valence-electron chi connectivity index (χ3n) is 3.75. The highest BCUT2D eigenvalue weighted by atomic mass is 79.9. The molecule has 0 radical (unpaired) electrons. The standard InChI is InChI=1S/C18H14BrCl2N3O2/c1-26-11-5-6-14(19)12(9-11)18(25)23-17-7-8-22-24(17)10-13-15(20)3-2-4-16(13)21/h2-9H,10H2,1H3,(H,23,25). The number of methoxy groups -OCH3 is 1. The fourth-order valence-corrected chi connectivity index (χ4v) is 3.33. The van der Waals surface area contributed by atoms with E-state index in [0.717, 1.165) is 5.56 Å². The van der Waals surface area contributed by atoms with Crippen molar-refractivity contribution in [1.29, 1.82) is 0 Å². The van der Waals surface area contributed by atoms with Crippen molar-refractivity contribution in [2.45, 2.75) is 6.54 Å². The number of halogens is 3. The Hall–Kier alpha value is -2.02. The van der Waals surface area contributed by atoms with Crippen LogP contribution in [0.1, 0.15) is 15.9 Å². The van der Waals surface area contributed by atoms with Gasteiger partial charge in [0.25, 0.3) is 5.91 Å². The minimum atomic E-state index is -0.289. The molecule has 0 spiro atoms. The molecule has 0 bridgehead atoms. The number of aromatic nitrogens is 2. The highest BCUT2D eigenvalue weighted by Crippen LogP contribution is 2.27. The smallest absolute Gasteiger partial charge is 0.258 e. The summed E-state index contributed by atoms with van der Waals surface area (Å²) in [5, 5.41) is 8.18. The Morgan fingerprint density at radius 3 is 2.65 bits per heavy atom. The lowest BCUT2D eigenvalue weighted by Gasteiger charge is -2.12. The van der Waals surface area contributed by atoms with Crippen LogP contribution in [0.5, 0.6) is 5.75 Å². The van der Waals surface area contributed by atoms with Gasteiger partial charge >= 0.3 is 0 Å². The van der Waals surface area contributed by atoms with Crippen LogP contribution < -0.4 is 10.1 Å². The first kappa shape index (κ1) is 18.8. The van der Waals surface area contributed by atoms with E-state index >= 15 is 0 Å². The number of carbonyl (C=O) groups excluding carboxylic acids is 1. The van der Waals surface area contributed by atoms with E-state index < -0.39 is 0 Å². The normalized spacial score (nSPS) is 10.6. The first-order chi connectivity index (χ1) is 12.5. The number of carbonyl (C=O) groups is 1. The largest absolute Gasteiger partial charge is 0.497 e. The predicted molar refractivity (Wildman–Crippen MR) is 106 cm³/mol. The van der Waals surface area contributed by atoms with Crippen LogP contribution in [0.15, 0.2) is 53.1 Å².